The van der Waals surface area contributed by atoms with Crippen molar-refractivity contribution in [2.45, 2.75) is 13.8 Å². The van der Waals surface area contributed by atoms with Crippen molar-refractivity contribution in [3.05, 3.63) is 70.9 Å². The van der Waals surface area contributed by atoms with Crippen molar-refractivity contribution in [1.29, 1.82) is 0 Å². The summed E-state index contributed by atoms with van der Waals surface area (Å²) in [5.74, 6) is -1.60. The number of rotatable bonds is 5. The van der Waals surface area contributed by atoms with Gasteiger partial charge in [0.2, 0.25) is 0 Å². The molecule has 0 saturated heterocycles. The second kappa shape index (κ2) is 7.97. The summed E-state index contributed by atoms with van der Waals surface area (Å²) in [6, 6.07) is 13.2. The molecule has 0 atom stereocenters. The number of carbonyl (C=O) groups excluding carboxylic acids is 1. The van der Waals surface area contributed by atoms with Gasteiger partial charge in [0, 0.05) is 18.2 Å². The molecule has 1 heterocycles. The molecule has 0 bridgehead atoms. The number of carboxylic acid groups (broad SMARTS) is 1. The number of aromatic carboxylic acids is 1. The molecule has 0 fully saturated rings. The Bertz CT molecular complexity index is 1100. The van der Waals surface area contributed by atoms with Crippen LogP contribution in [0.1, 0.15) is 38.9 Å². The number of benzene rings is 2. The molecule has 0 aliphatic rings. The molecule has 0 unspecified atom stereocenters. The quantitative estimate of drug-likeness (QED) is 0.456. The number of aromatic nitrogens is 2. The van der Waals surface area contributed by atoms with Crippen LogP contribution in [0.4, 0.5) is 0 Å². The summed E-state index contributed by atoms with van der Waals surface area (Å²) in [4.78, 5) is 23.1. The summed E-state index contributed by atoms with van der Waals surface area (Å²) in [6.07, 6.45) is 0. The molecule has 3 aromatic rings. The number of carboxylic acids is 1. The fourth-order valence-corrected chi connectivity index (χ4v) is 2.81. The minimum atomic E-state index is -1.07. The standard InChI is InChI=1S/C21H20N4O4/c1-12-4-6-14(7-5-12)18-19(26)17(24-25(18)3)13(2)22-23-20(27)15-8-10-16(11-9-15)21(28)29/h4-11,26H,1-3H3,(H,23,27)(H,28,29)/b22-13+. The lowest BCUT2D eigenvalue weighted by molar-refractivity contribution is 0.0696. The van der Waals surface area contributed by atoms with Crippen molar-refractivity contribution in [3.8, 4) is 17.0 Å². The lowest BCUT2D eigenvalue weighted by Crippen LogP contribution is -2.19. The van der Waals surface area contributed by atoms with Gasteiger partial charge in [-0.1, -0.05) is 29.8 Å². The summed E-state index contributed by atoms with van der Waals surface area (Å²) in [5, 5.41) is 27.9. The highest BCUT2D eigenvalue weighted by Gasteiger charge is 2.19. The Morgan fingerprint density at radius 2 is 1.62 bits per heavy atom. The molecule has 0 aliphatic carbocycles. The largest absolute Gasteiger partial charge is 0.504 e. The topological polar surface area (TPSA) is 117 Å². The fraction of sp³-hybridized carbons (Fsp3) is 0.143. The van der Waals surface area contributed by atoms with Gasteiger partial charge in [-0.25, -0.2) is 10.2 Å². The first-order chi connectivity index (χ1) is 13.8. The van der Waals surface area contributed by atoms with Crippen molar-refractivity contribution < 1.29 is 19.8 Å². The van der Waals surface area contributed by atoms with E-state index in [1.165, 1.54) is 24.3 Å². The molecule has 2 aromatic carbocycles. The zero-order valence-electron chi connectivity index (χ0n) is 16.2. The monoisotopic (exact) mass is 392 g/mol. The van der Waals surface area contributed by atoms with E-state index in [-0.39, 0.29) is 22.6 Å². The van der Waals surface area contributed by atoms with Gasteiger partial charge in [0.05, 0.1) is 11.3 Å². The molecule has 8 nitrogen and oxygen atoms in total. The molecule has 1 aromatic heterocycles. The Morgan fingerprint density at radius 1 is 1.03 bits per heavy atom. The van der Waals surface area contributed by atoms with Crippen molar-refractivity contribution in [2.24, 2.45) is 12.1 Å². The summed E-state index contributed by atoms with van der Waals surface area (Å²) in [5.41, 5.74) is 5.78. The molecular weight excluding hydrogens is 372 g/mol. The number of hydrogen-bond acceptors (Lipinski definition) is 5. The molecule has 29 heavy (non-hydrogen) atoms. The number of carbonyl (C=O) groups is 2. The molecule has 0 spiro atoms. The zero-order chi connectivity index (χ0) is 21.1. The van der Waals surface area contributed by atoms with Crippen LogP contribution in [0.5, 0.6) is 5.75 Å². The van der Waals surface area contributed by atoms with Crippen LogP contribution in [0.25, 0.3) is 11.3 Å². The SMILES string of the molecule is C/C(=N\NC(=O)c1ccc(C(=O)O)cc1)c1nn(C)c(-c2ccc(C)cc2)c1O. The number of nitrogens with one attached hydrogen (secondary N) is 1. The predicted molar refractivity (Wildman–Crippen MR) is 108 cm³/mol. The maximum absolute atomic E-state index is 12.2. The predicted octanol–water partition coefficient (Wildman–Crippen LogP) is 2.95. The maximum atomic E-state index is 12.2. The van der Waals surface area contributed by atoms with Crippen LogP contribution in [-0.2, 0) is 7.05 Å². The molecule has 1 amide bonds. The average Bonchev–Trinajstić information content (AvgIpc) is 3.01. The van der Waals surface area contributed by atoms with Gasteiger partial charge in [-0.05, 0) is 38.1 Å². The van der Waals surface area contributed by atoms with E-state index < -0.39 is 11.9 Å². The third kappa shape index (κ3) is 4.16. The van der Waals surface area contributed by atoms with E-state index in [0.717, 1.165) is 11.1 Å². The lowest BCUT2D eigenvalue weighted by Gasteiger charge is -2.04. The molecule has 0 aliphatic heterocycles. The highest BCUT2D eigenvalue weighted by Crippen LogP contribution is 2.32. The van der Waals surface area contributed by atoms with Crippen molar-refractivity contribution in [1.82, 2.24) is 15.2 Å². The Balaban J connectivity index is 1.81. The summed E-state index contributed by atoms with van der Waals surface area (Å²) < 4.78 is 1.56. The Morgan fingerprint density at radius 3 is 2.21 bits per heavy atom. The van der Waals surface area contributed by atoms with E-state index in [1.54, 1.807) is 18.7 Å². The fourth-order valence-electron chi connectivity index (χ4n) is 2.81. The third-order valence-electron chi connectivity index (χ3n) is 4.41. The second-order valence-electron chi connectivity index (χ2n) is 6.56. The van der Waals surface area contributed by atoms with Gasteiger partial charge in [0.1, 0.15) is 5.69 Å². The van der Waals surface area contributed by atoms with E-state index in [0.29, 0.717) is 11.4 Å². The number of nitrogens with zero attached hydrogens (tertiary/aromatic N) is 3. The Labute approximate surface area is 167 Å². The molecule has 0 saturated carbocycles. The van der Waals surface area contributed by atoms with Gasteiger partial charge >= 0.3 is 5.97 Å². The molecule has 3 rings (SSSR count). The van der Waals surface area contributed by atoms with Gasteiger partial charge in [-0.15, -0.1) is 0 Å². The number of hydrazone groups is 1. The Kier molecular flexibility index (Phi) is 5.45. The number of aryl methyl sites for hydroxylation is 2. The first-order valence-electron chi connectivity index (χ1n) is 8.79. The number of amides is 1. The van der Waals surface area contributed by atoms with Crippen LogP contribution < -0.4 is 5.43 Å². The highest BCUT2D eigenvalue weighted by molar-refractivity contribution is 6.02. The van der Waals surface area contributed by atoms with Crippen LogP contribution in [-0.4, -0.2) is 37.6 Å². The average molecular weight is 392 g/mol. The molecule has 8 heteroatoms. The third-order valence-corrected chi connectivity index (χ3v) is 4.41. The van der Waals surface area contributed by atoms with Gasteiger partial charge in [0.25, 0.3) is 5.91 Å². The minimum absolute atomic E-state index is 0.0299. The minimum Gasteiger partial charge on any atom is -0.504 e. The summed E-state index contributed by atoms with van der Waals surface area (Å²) in [6.45, 7) is 3.60. The Hall–Kier alpha value is -3.94. The zero-order valence-corrected chi connectivity index (χ0v) is 16.2. The van der Waals surface area contributed by atoms with Crippen LogP contribution >= 0.6 is 0 Å². The number of aromatic hydroxyl groups is 1. The highest BCUT2D eigenvalue weighted by atomic mass is 16.4. The second-order valence-corrected chi connectivity index (χ2v) is 6.56. The lowest BCUT2D eigenvalue weighted by atomic mass is 10.1. The maximum Gasteiger partial charge on any atom is 0.335 e. The molecule has 148 valence electrons. The van der Waals surface area contributed by atoms with Crippen LogP contribution in [0, 0.1) is 6.92 Å². The first-order valence-corrected chi connectivity index (χ1v) is 8.79. The van der Waals surface area contributed by atoms with Gasteiger partial charge in [-0.3, -0.25) is 9.48 Å². The van der Waals surface area contributed by atoms with E-state index in [9.17, 15) is 14.7 Å². The number of hydrogen-bond donors (Lipinski definition) is 3. The van der Waals surface area contributed by atoms with Crippen molar-refractivity contribution in [2.75, 3.05) is 0 Å². The van der Waals surface area contributed by atoms with E-state index >= 15 is 0 Å². The molecular formula is C21H20N4O4. The van der Waals surface area contributed by atoms with Crippen LogP contribution in [0.3, 0.4) is 0 Å². The van der Waals surface area contributed by atoms with Crippen molar-refractivity contribution >= 4 is 17.6 Å². The van der Waals surface area contributed by atoms with Gasteiger partial charge in [0.15, 0.2) is 11.4 Å². The molecule has 3 N–H and O–H groups in total. The van der Waals surface area contributed by atoms with Crippen LogP contribution in [0.2, 0.25) is 0 Å². The molecule has 0 radical (unpaired) electrons. The van der Waals surface area contributed by atoms with Crippen LogP contribution in [0.15, 0.2) is 53.6 Å². The smallest absolute Gasteiger partial charge is 0.335 e. The van der Waals surface area contributed by atoms with E-state index in [2.05, 4.69) is 15.6 Å². The summed E-state index contributed by atoms with van der Waals surface area (Å²) >= 11 is 0. The summed E-state index contributed by atoms with van der Waals surface area (Å²) in [7, 11) is 1.72. The normalized spacial score (nSPS) is 11.3. The van der Waals surface area contributed by atoms with Crippen molar-refractivity contribution in [3.63, 3.8) is 0 Å². The van der Waals surface area contributed by atoms with E-state index in [4.69, 9.17) is 5.11 Å². The van der Waals surface area contributed by atoms with E-state index in [1.807, 2.05) is 31.2 Å². The van der Waals surface area contributed by atoms with Gasteiger partial charge < -0.3 is 10.2 Å². The first kappa shape index (κ1) is 19.8. The van der Waals surface area contributed by atoms with Gasteiger partial charge in [-0.2, -0.15) is 10.2 Å².